The fourth-order valence-corrected chi connectivity index (χ4v) is 2.06. The van der Waals surface area contributed by atoms with Crippen LogP contribution < -0.4 is 4.72 Å². The van der Waals surface area contributed by atoms with Gasteiger partial charge in [-0.3, -0.25) is 0 Å². The van der Waals surface area contributed by atoms with Crippen molar-refractivity contribution in [2.75, 3.05) is 12.8 Å². The summed E-state index contributed by atoms with van der Waals surface area (Å²) in [4.78, 5) is 2.93. The Morgan fingerprint density at radius 2 is 2.27 bits per heavy atom. The van der Waals surface area contributed by atoms with Crippen LogP contribution in [0.5, 0.6) is 0 Å². The zero-order valence-corrected chi connectivity index (χ0v) is 10.4. The first-order valence-corrected chi connectivity index (χ1v) is 6.89. The van der Waals surface area contributed by atoms with Crippen molar-refractivity contribution in [1.29, 1.82) is 0 Å². The summed E-state index contributed by atoms with van der Waals surface area (Å²) in [6.07, 6.45) is 3.71. The molecule has 15 heavy (non-hydrogen) atoms. The molecule has 0 saturated heterocycles. The van der Waals surface area contributed by atoms with E-state index >= 15 is 0 Å². The molecule has 1 heterocycles. The largest absolute Gasteiger partial charge is 0.337 e. The van der Waals surface area contributed by atoms with Gasteiger partial charge in [-0.2, -0.15) is 0 Å². The number of aromatic nitrogens is 2. The minimum Gasteiger partial charge on any atom is -0.337 e. The average molecular weight is 249 g/mol. The van der Waals surface area contributed by atoms with E-state index in [0.29, 0.717) is 11.3 Å². The van der Waals surface area contributed by atoms with Gasteiger partial charge in [0.25, 0.3) is 0 Å². The maximum absolute atomic E-state index is 10.8. The predicted molar refractivity (Wildman–Crippen MR) is 61.8 cm³/mol. The molecule has 0 spiro atoms. The third-order valence-electron chi connectivity index (χ3n) is 2.00. The van der Waals surface area contributed by atoms with Gasteiger partial charge in [0.2, 0.25) is 10.0 Å². The van der Waals surface area contributed by atoms with Crippen LogP contribution in [0.4, 0.5) is 0 Å². The van der Waals surface area contributed by atoms with Gasteiger partial charge in [0.15, 0.2) is 4.77 Å². The van der Waals surface area contributed by atoms with Crippen LogP contribution in [0.15, 0.2) is 6.20 Å². The quantitative estimate of drug-likeness (QED) is 0.599. The molecule has 0 aliphatic heterocycles. The van der Waals surface area contributed by atoms with Crippen molar-refractivity contribution < 1.29 is 8.42 Å². The lowest BCUT2D eigenvalue weighted by atomic mass is 10.4. The summed E-state index contributed by atoms with van der Waals surface area (Å²) in [5.74, 6) is 0. The normalized spacial score (nSPS) is 11.9. The summed E-state index contributed by atoms with van der Waals surface area (Å²) < 4.78 is 26.6. The van der Waals surface area contributed by atoms with Gasteiger partial charge in [0.05, 0.1) is 6.26 Å². The molecule has 0 aliphatic carbocycles. The molecular formula is C8H15N3O2S2. The van der Waals surface area contributed by atoms with Gasteiger partial charge < -0.3 is 9.55 Å². The first kappa shape index (κ1) is 12.4. The van der Waals surface area contributed by atoms with Gasteiger partial charge in [-0.15, -0.1) is 0 Å². The Bertz CT molecular complexity index is 472. The van der Waals surface area contributed by atoms with Crippen molar-refractivity contribution in [3.63, 3.8) is 0 Å². The summed E-state index contributed by atoms with van der Waals surface area (Å²) in [6, 6.07) is 0. The Hall–Kier alpha value is -0.660. The highest BCUT2D eigenvalue weighted by Crippen LogP contribution is 2.00. The molecule has 0 fully saturated rings. The molecule has 2 N–H and O–H groups in total. The molecule has 0 aliphatic rings. The lowest BCUT2D eigenvalue weighted by Gasteiger charge is -2.05. The third kappa shape index (κ3) is 4.15. The van der Waals surface area contributed by atoms with E-state index in [4.69, 9.17) is 12.2 Å². The van der Waals surface area contributed by atoms with E-state index in [1.165, 1.54) is 0 Å². The average Bonchev–Trinajstić information content (AvgIpc) is 2.40. The van der Waals surface area contributed by atoms with Crippen LogP contribution in [0, 0.1) is 11.7 Å². The Morgan fingerprint density at radius 1 is 1.60 bits per heavy atom. The van der Waals surface area contributed by atoms with Crippen LogP contribution >= 0.6 is 12.2 Å². The van der Waals surface area contributed by atoms with E-state index in [2.05, 4.69) is 9.71 Å². The van der Waals surface area contributed by atoms with E-state index in [1.807, 2.05) is 17.7 Å². The van der Waals surface area contributed by atoms with Gasteiger partial charge in [0.1, 0.15) is 0 Å². The number of rotatable bonds is 5. The molecular weight excluding hydrogens is 234 g/mol. The van der Waals surface area contributed by atoms with Crippen molar-refractivity contribution in [3.8, 4) is 0 Å². The van der Waals surface area contributed by atoms with Crippen molar-refractivity contribution in [3.05, 3.63) is 16.7 Å². The monoisotopic (exact) mass is 249 g/mol. The second kappa shape index (κ2) is 4.91. The summed E-state index contributed by atoms with van der Waals surface area (Å²) in [5, 5.41) is 0. The summed E-state index contributed by atoms with van der Waals surface area (Å²) in [7, 11) is -3.08. The zero-order valence-electron chi connectivity index (χ0n) is 8.78. The van der Waals surface area contributed by atoms with Crippen LogP contribution in [0.1, 0.15) is 12.1 Å². The van der Waals surface area contributed by atoms with Gasteiger partial charge in [-0.1, -0.05) is 0 Å². The molecule has 0 saturated carbocycles. The standard InChI is InChI=1S/C8H15N3O2S2/c1-7-6-9-8(14)11(7)5-3-4-10-15(2,12)13/h6,10H,3-5H2,1-2H3,(H,9,14). The van der Waals surface area contributed by atoms with Crippen molar-refractivity contribution in [1.82, 2.24) is 14.3 Å². The summed E-state index contributed by atoms with van der Waals surface area (Å²) in [5.41, 5.74) is 1.05. The van der Waals surface area contributed by atoms with Gasteiger partial charge in [-0.25, -0.2) is 13.1 Å². The third-order valence-corrected chi connectivity index (χ3v) is 3.06. The Kier molecular flexibility index (Phi) is 4.06. The highest BCUT2D eigenvalue weighted by atomic mass is 32.2. The number of nitrogens with zero attached hydrogens (tertiary/aromatic N) is 1. The Balaban J connectivity index is 2.42. The van der Waals surface area contributed by atoms with E-state index in [0.717, 1.165) is 24.9 Å². The second-order valence-corrected chi connectivity index (χ2v) is 5.63. The smallest absolute Gasteiger partial charge is 0.208 e. The molecule has 0 unspecified atom stereocenters. The minimum absolute atomic E-state index is 0.436. The predicted octanol–water partition coefficient (Wildman–Crippen LogP) is 0.793. The van der Waals surface area contributed by atoms with E-state index in [1.54, 1.807) is 0 Å². The van der Waals surface area contributed by atoms with Gasteiger partial charge in [0, 0.05) is 25.0 Å². The van der Waals surface area contributed by atoms with Crippen molar-refractivity contribution >= 4 is 22.2 Å². The molecule has 0 aromatic carbocycles. The van der Waals surface area contributed by atoms with E-state index in [9.17, 15) is 8.42 Å². The number of hydrogen-bond acceptors (Lipinski definition) is 3. The van der Waals surface area contributed by atoms with Crippen molar-refractivity contribution in [2.24, 2.45) is 0 Å². The minimum atomic E-state index is -3.08. The number of aromatic amines is 1. The molecule has 86 valence electrons. The fraction of sp³-hybridized carbons (Fsp3) is 0.625. The Morgan fingerprint density at radius 3 is 2.73 bits per heavy atom. The molecule has 0 atom stereocenters. The van der Waals surface area contributed by atoms with Crippen molar-refractivity contribution in [2.45, 2.75) is 19.9 Å². The lowest BCUT2D eigenvalue weighted by Crippen LogP contribution is -2.23. The van der Waals surface area contributed by atoms with Crippen LogP contribution in [-0.4, -0.2) is 30.8 Å². The van der Waals surface area contributed by atoms with Crippen LogP contribution in [0.3, 0.4) is 0 Å². The highest BCUT2D eigenvalue weighted by molar-refractivity contribution is 7.88. The molecule has 7 heteroatoms. The lowest BCUT2D eigenvalue weighted by molar-refractivity contribution is 0.572. The molecule has 1 aromatic rings. The molecule has 0 radical (unpaired) electrons. The fourth-order valence-electron chi connectivity index (χ4n) is 1.25. The van der Waals surface area contributed by atoms with Gasteiger partial charge >= 0.3 is 0 Å². The molecule has 0 amide bonds. The first-order valence-electron chi connectivity index (χ1n) is 4.59. The zero-order chi connectivity index (χ0) is 11.5. The molecule has 5 nitrogen and oxygen atoms in total. The molecule has 0 bridgehead atoms. The van der Waals surface area contributed by atoms with E-state index in [-0.39, 0.29) is 0 Å². The molecule has 1 rings (SSSR count). The first-order chi connectivity index (χ1) is 6.90. The number of H-pyrrole nitrogens is 1. The Labute approximate surface area is 94.6 Å². The number of aryl methyl sites for hydroxylation is 1. The highest BCUT2D eigenvalue weighted by Gasteiger charge is 2.01. The molecule has 1 aromatic heterocycles. The number of imidazole rings is 1. The number of nitrogens with one attached hydrogen (secondary N) is 2. The van der Waals surface area contributed by atoms with Crippen LogP contribution in [0.25, 0.3) is 0 Å². The number of hydrogen-bond donors (Lipinski definition) is 2. The summed E-state index contributed by atoms with van der Waals surface area (Å²) in [6.45, 7) is 3.11. The van der Waals surface area contributed by atoms with E-state index < -0.39 is 10.0 Å². The van der Waals surface area contributed by atoms with Crippen LogP contribution in [0.2, 0.25) is 0 Å². The van der Waals surface area contributed by atoms with Gasteiger partial charge in [-0.05, 0) is 25.6 Å². The number of sulfonamides is 1. The SMILES string of the molecule is Cc1c[nH]c(=S)n1CCCNS(C)(=O)=O. The summed E-state index contributed by atoms with van der Waals surface area (Å²) >= 11 is 5.06. The maximum Gasteiger partial charge on any atom is 0.208 e. The topological polar surface area (TPSA) is 66.9 Å². The van der Waals surface area contributed by atoms with Crippen LogP contribution in [-0.2, 0) is 16.6 Å². The second-order valence-electron chi connectivity index (χ2n) is 3.41. The maximum atomic E-state index is 10.8.